The van der Waals surface area contributed by atoms with Gasteiger partial charge < -0.3 is 4.90 Å². The molecule has 70 valence electrons. The van der Waals surface area contributed by atoms with Crippen molar-refractivity contribution in [2.45, 2.75) is 46.6 Å². The van der Waals surface area contributed by atoms with Gasteiger partial charge in [-0.2, -0.15) is 0 Å². The fourth-order valence-corrected chi connectivity index (χ4v) is 2.46. The van der Waals surface area contributed by atoms with Crippen LogP contribution in [-0.4, -0.2) is 22.9 Å². The number of carbonyl (C=O) groups excluding carboxylic acids is 1. The van der Waals surface area contributed by atoms with Gasteiger partial charge in [0.25, 0.3) is 0 Å². The Morgan fingerprint density at radius 2 is 1.83 bits per heavy atom. The van der Waals surface area contributed by atoms with Crippen LogP contribution in [0.4, 0.5) is 0 Å². The lowest BCUT2D eigenvalue weighted by Crippen LogP contribution is -2.41. The van der Waals surface area contributed by atoms with E-state index in [1.165, 1.54) is 0 Å². The maximum absolute atomic E-state index is 11.8. The van der Waals surface area contributed by atoms with Gasteiger partial charge in [-0.3, -0.25) is 4.79 Å². The van der Waals surface area contributed by atoms with Gasteiger partial charge in [-0.1, -0.05) is 13.8 Å². The van der Waals surface area contributed by atoms with Crippen molar-refractivity contribution in [3.05, 3.63) is 0 Å². The molecule has 0 aromatic heterocycles. The van der Waals surface area contributed by atoms with E-state index in [0.29, 0.717) is 5.91 Å². The number of likely N-dealkylation sites (tertiary alicyclic amines) is 1. The number of rotatable bonds is 1. The lowest BCUT2D eigenvalue weighted by atomic mass is 9.85. The van der Waals surface area contributed by atoms with Crippen LogP contribution in [0.25, 0.3) is 0 Å². The standard InChI is InChI=1S/C10H19NO/c1-6-11-8(12)9(2,3)7-10(11,4)5/h6-7H2,1-5H3. The molecule has 0 aliphatic carbocycles. The van der Waals surface area contributed by atoms with Crippen LogP contribution in [0.1, 0.15) is 41.0 Å². The molecule has 0 spiro atoms. The molecule has 0 atom stereocenters. The van der Waals surface area contributed by atoms with Gasteiger partial charge in [0.1, 0.15) is 0 Å². The van der Waals surface area contributed by atoms with Gasteiger partial charge in [0.05, 0.1) is 0 Å². The van der Waals surface area contributed by atoms with Crippen LogP contribution in [0, 0.1) is 5.41 Å². The fourth-order valence-electron chi connectivity index (χ4n) is 2.46. The monoisotopic (exact) mass is 169 g/mol. The van der Waals surface area contributed by atoms with Crippen molar-refractivity contribution in [1.82, 2.24) is 4.90 Å². The molecule has 2 heteroatoms. The van der Waals surface area contributed by atoms with Gasteiger partial charge in [0.2, 0.25) is 5.91 Å². The van der Waals surface area contributed by atoms with Crippen LogP contribution in [0.3, 0.4) is 0 Å². The van der Waals surface area contributed by atoms with Crippen molar-refractivity contribution in [3.8, 4) is 0 Å². The molecule has 2 nitrogen and oxygen atoms in total. The summed E-state index contributed by atoms with van der Waals surface area (Å²) >= 11 is 0. The summed E-state index contributed by atoms with van der Waals surface area (Å²) in [6, 6.07) is 0. The molecule has 1 aliphatic heterocycles. The van der Waals surface area contributed by atoms with Crippen LogP contribution < -0.4 is 0 Å². The third-order valence-corrected chi connectivity index (χ3v) is 2.75. The molecular weight excluding hydrogens is 150 g/mol. The van der Waals surface area contributed by atoms with Crippen LogP contribution in [0.5, 0.6) is 0 Å². The number of carbonyl (C=O) groups is 1. The third-order valence-electron chi connectivity index (χ3n) is 2.75. The summed E-state index contributed by atoms with van der Waals surface area (Å²) in [6.45, 7) is 11.2. The highest BCUT2D eigenvalue weighted by atomic mass is 16.2. The minimum atomic E-state index is -0.153. The van der Waals surface area contributed by atoms with Crippen LogP contribution in [-0.2, 0) is 4.79 Å². The zero-order valence-electron chi connectivity index (χ0n) is 8.77. The molecular formula is C10H19NO. The highest BCUT2D eigenvalue weighted by Crippen LogP contribution is 2.41. The van der Waals surface area contributed by atoms with Crippen molar-refractivity contribution in [2.75, 3.05) is 6.54 Å². The summed E-state index contributed by atoms with van der Waals surface area (Å²) in [5, 5.41) is 0. The molecule has 1 heterocycles. The Bertz CT molecular complexity index is 206. The average Bonchev–Trinajstić information content (AvgIpc) is 1.98. The van der Waals surface area contributed by atoms with E-state index in [2.05, 4.69) is 13.8 Å². The Morgan fingerprint density at radius 3 is 2.00 bits per heavy atom. The van der Waals surface area contributed by atoms with E-state index in [-0.39, 0.29) is 11.0 Å². The molecule has 0 radical (unpaired) electrons. The second-order valence-electron chi connectivity index (χ2n) is 4.92. The predicted molar refractivity (Wildman–Crippen MR) is 49.9 cm³/mol. The summed E-state index contributed by atoms with van der Waals surface area (Å²) in [6.07, 6.45) is 0.965. The summed E-state index contributed by atoms with van der Waals surface area (Å²) in [7, 11) is 0. The Labute approximate surface area is 74.9 Å². The first-order valence-electron chi connectivity index (χ1n) is 4.63. The molecule has 1 fully saturated rings. The summed E-state index contributed by atoms with van der Waals surface area (Å²) in [4.78, 5) is 13.8. The highest BCUT2D eigenvalue weighted by Gasteiger charge is 2.48. The maximum Gasteiger partial charge on any atom is 0.228 e. The van der Waals surface area contributed by atoms with Crippen LogP contribution >= 0.6 is 0 Å². The number of nitrogens with zero attached hydrogens (tertiary/aromatic N) is 1. The number of hydrogen-bond donors (Lipinski definition) is 0. The number of amides is 1. The zero-order valence-corrected chi connectivity index (χ0v) is 8.77. The Morgan fingerprint density at radius 1 is 1.33 bits per heavy atom. The molecule has 1 saturated heterocycles. The van der Waals surface area contributed by atoms with Crippen molar-refractivity contribution in [2.24, 2.45) is 5.41 Å². The van der Waals surface area contributed by atoms with Crippen molar-refractivity contribution >= 4 is 5.91 Å². The smallest absolute Gasteiger partial charge is 0.228 e. The third kappa shape index (κ3) is 1.23. The van der Waals surface area contributed by atoms with Crippen LogP contribution in [0.15, 0.2) is 0 Å². The first-order valence-corrected chi connectivity index (χ1v) is 4.63. The second-order valence-corrected chi connectivity index (χ2v) is 4.92. The Balaban J connectivity index is 2.96. The molecule has 1 rings (SSSR count). The van der Waals surface area contributed by atoms with E-state index in [1.807, 2.05) is 25.7 Å². The highest BCUT2D eigenvalue weighted by molar-refractivity contribution is 5.85. The SMILES string of the molecule is CCN1C(=O)C(C)(C)CC1(C)C. The maximum atomic E-state index is 11.8. The average molecular weight is 169 g/mol. The van der Waals surface area contributed by atoms with Gasteiger partial charge in [-0.05, 0) is 27.2 Å². The van der Waals surface area contributed by atoms with Gasteiger partial charge in [-0.25, -0.2) is 0 Å². The van der Waals surface area contributed by atoms with E-state index in [9.17, 15) is 4.79 Å². The first-order chi connectivity index (χ1) is 5.31. The topological polar surface area (TPSA) is 20.3 Å². The van der Waals surface area contributed by atoms with Gasteiger partial charge in [0.15, 0.2) is 0 Å². The molecule has 1 amide bonds. The largest absolute Gasteiger partial charge is 0.337 e. The molecule has 1 aliphatic rings. The zero-order chi connectivity index (χ0) is 9.57. The molecule has 12 heavy (non-hydrogen) atoms. The van der Waals surface area contributed by atoms with Crippen molar-refractivity contribution in [1.29, 1.82) is 0 Å². The first kappa shape index (κ1) is 9.56. The molecule has 0 saturated carbocycles. The molecule has 0 aromatic carbocycles. The minimum Gasteiger partial charge on any atom is -0.337 e. The number of hydrogen-bond acceptors (Lipinski definition) is 1. The quantitative estimate of drug-likeness (QED) is 0.588. The normalized spacial score (nSPS) is 26.4. The van der Waals surface area contributed by atoms with Gasteiger partial charge in [-0.15, -0.1) is 0 Å². The molecule has 0 unspecified atom stereocenters. The summed E-state index contributed by atoms with van der Waals surface area (Å²) in [5.41, 5.74) is -0.102. The summed E-state index contributed by atoms with van der Waals surface area (Å²) in [5.74, 6) is 0.301. The van der Waals surface area contributed by atoms with E-state index in [1.54, 1.807) is 0 Å². The molecule has 0 N–H and O–H groups in total. The Kier molecular flexibility index (Phi) is 1.97. The van der Waals surface area contributed by atoms with Crippen LogP contribution in [0.2, 0.25) is 0 Å². The van der Waals surface area contributed by atoms with Gasteiger partial charge in [0, 0.05) is 17.5 Å². The minimum absolute atomic E-state index is 0.0509. The van der Waals surface area contributed by atoms with E-state index >= 15 is 0 Å². The van der Waals surface area contributed by atoms with E-state index < -0.39 is 0 Å². The lowest BCUT2D eigenvalue weighted by molar-refractivity contribution is -0.136. The van der Waals surface area contributed by atoms with E-state index in [4.69, 9.17) is 0 Å². The van der Waals surface area contributed by atoms with E-state index in [0.717, 1.165) is 13.0 Å². The van der Waals surface area contributed by atoms with Crippen molar-refractivity contribution in [3.63, 3.8) is 0 Å². The predicted octanol–water partition coefficient (Wildman–Crippen LogP) is 2.04. The lowest BCUT2D eigenvalue weighted by Gasteiger charge is -2.30. The summed E-state index contributed by atoms with van der Waals surface area (Å²) < 4.78 is 0. The van der Waals surface area contributed by atoms with Crippen molar-refractivity contribution < 1.29 is 4.79 Å². The second kappa shape index (κ2) is 2.48. The Hall–Kier alpha value is -0.530. The molecule has 0 aromatic rings. The van der Waals surface area contributed by atoms with Gasteiger partial charge >= 0.3 is 0 Å². The fraction of sp³-hybridized carbons (Fsp3) is 0.900. The molecule has 0 bridgehead atoms.